The molecule has 1 aliphatic rings. The van der Waals surface area contributed by atoms with Crippen LogP contribution in [-0.4, -0.2) is 18.2 Å². The molecule has 0 amide bonds. The smallest absolute Gasteiger partial charge is 0.0677 e. The highest BCUT2D eigenvalue weighted by atomic mass is 16.5. The molecule has 0 bridgehead atoms. The second-order valence-corrected chi connectivity index (χ2v) is 7.16. The summed E-state index contributed by atoms with van der Waals surface area (Å²) in [4.78, 5) is 0. The van der Waals surface area contributed by atoms with Gasteiger partial charge in [-0.15, -0.1) is 0 Å². The van der Waals surface area contributed by atoms with Crippen LogP contribution in [0.5, 0.6) is 0 Å². The van der Waals surface area contributed by atoms with Crippen LogP contribution < -0.4 is 5.73 Å². The van der Waals surface area contributed by atoms with Crippen molar-refractivity contribution in [3.05, 3.63) is 0 Å². The minimum absolute atomic E-state index is 0.227. The van der Waals surface area contributed by atoms with E-state index in [1.165, 1.54) is 12.8 Å². The van der Waals surface area contributed by atoms with E-state index in [0.717, 1.165) is 0 Å². The first-order valence-corrected chi connectivity index (χ1v) is 5.95. The molecular formula is C13H27NO. The summed E-state index contributed by atoms with van der Waals surface area (Å²) < 4.78 is 6.07. The molecule has 2 N–H and O–H groups in total. The first kappa shape index (κ1) is 13.0. The molecule has 0 aromatic rings. The Morgan fingerprint density at radius 1 is 1.13 bits per heavy atom. The van der Waals surface area contributed by atoms with Gasteiger partial charge in [-0.25, -0.2) is 0 Å². The molecule has 0 radical (unpaired) electrons. The molecule has 0 aromatic heterocycles. The summed E-state index contributed by atoms with van der Waals surface area (Å²) in [5.74, 6) is 0. The third kappa shape index (κ3) is 3.18. The van der Waals surface area contributed by atoms with E-state index in [-0.39, 0.29) is 16.4 Å². The molecule has 0 unspecified atom stereocenters. The molecule has 0 saturated heterocycles. The minimum atomic E-state index is -0.227. The van der Waals surface area contributed by atoms with Crippen molar-refractivity contribution in [2.45, 2.75) is 66.0 Å². The number of nitrogens with two attached hydrogens (primary N) is 1. The molecule has 1 saturated carbocycles. The molecule has 0 atom stereocenters. The van der Waals surface area contributed by atoms with Crippen LogP contribution in [0.4, 0.5) is 0 Å². The van der Waals surface area contributed by atoms with Crippen molar-refractivity contribution in [1.82, 2.24) is 0 Å². The van der Waals surface area contributed by atoms with E-state index >= 15 is 0 Å². The van der Waals surface area contributed by atoms with E-state index in [4.69, 9.17) is 10.5 Å². The summed E-state index contributed by atoms with van der Waals surface area (Å²) in [6.07, 6.45) is 2.82. The Morgan fingerprint density at radius 2 is 1.53 bits per heavy atom. The van der Waals surface area contributed by atoms with Crippen molar-refractivity contribution in [2.75, 3.05) is 6.61 Å². The average molecular weight is 213 g/mol. The van der Waals surface area contributed by atoms with E-state index < -0.39 is 0 Å². The predicted molar refractivity (Wildman–Crippen MR) is 64.8 cm³/mol. The molecule has 1 fully saturated rings. The second kappa shape index (κ2) is 3.74. The summed E-state index contributed by atoms with van der Waals surface area (Å²) in [6, 6.07) is 0. The van der Waals surface area contributed by atoms with E-state index in [0.29, 0.717) is 12.7 Å². The monoisotopic (exact) mass is 213 g/mol. The Kier molecular flexibility index (Phi) is 3.24. The lowest BCUT2D eigenvalue weighted by atomic mass is 9.81. The summed E-state index contributed by atoms with van der Waals surface area (Å²) in [7, 11) is 0. The number of hydrogen-bond acceptors (Lipinski definition) is 2. The lowest BCUT2D eigenvalue weighted by Gasteiger charge is -2.37. The molecule has 2 heteroatoms. The Labute approximate surface area is 94.6 Å². The first-order valence-electron chi connectivity index (χ1n) is 5.95. The van der Waals surface area contributed by atoms with Crippen molar-refractivity contribution >= 4 is 0 Å². The van der Waals surface area contributed by atoms with Crippen molar-refractivity contribution in [2.24, 2.45) is 16.6 Å². The standard InChI is InChI=1S/C13H27NO/c1-11(2)7-8-12(3,4)10(11)15-9-13(5,6)14/h10H,7-9,14H2,1-6H3. The molecule has 0 aromatic carbocycles. The van der Waals surface area contributed by atoms with Gasteiger partial charge in [0.1, 0.15) is 0 Å². The zero-order valence-corrected chi connectivity index (χ0v) is 11.2. The van der Waals surface area contributed by atoms with E-state index in [9.17, 15) is 0 Å². The van der Waals surface area contributed by atoms with Gasteiger partial charge < -0.3 is 10.5 Å². The number of hydrogen-bond donors (Lipinski definition) is 1. The average Bonchev–Trinajstić information content (AvgIpc) is 2.17. The molecule has 0 heterocycles. The quantitative estimate of drug-likeness (QED) is 0.782. The third-order valence-electron chi connectivity index (χ3n) is 3.46. The zero-order valence-electron chi connectivity index (χ0n) is 11.2. The first-order chi connectivity index (χ1) is 6.55. The van der Waals surface area contributed by atoms with Crippen LogP contribution >= 0.6 is 0 Å². The lowest BCUT2D eigenvalue weighted by Crippen LogP contribution is -2.44. The summed E-state index contributed by atoms with van der Waals surface area (Å²) >= 11 is 0. The maximum absolute atomic E-state index is 6.07. The fourth-order valence-electron chi connectivity index (χ4n) is 2.71. The Hall–Kier alpha value is -0.0800. The van der Waals surface area contributed by atoms with Gasteiger partial charge >= 0.3 is 0 Å². The zero-order chi connectivity index (χ0) is 11.9. The van der Waals surface area contributed by atoms with Gasteiger partial charge in [0.05, 0.1) is 12.7 Å². The van der Waals surface area contributed by atoms with Crippen molar-refractivity contribution in [1.29, 1.82) is 0 Å². The van der Waals surface area contributed by atoms with E-state index in [2.05, 4.69) is 27.7 Å². The van der Waals surface area contributed by atoms with Crippen LogP contribution in [0.1, 0.15) is 54.4 Å². The van der Waals surface area contributed by atoms with E-state index in [1.807, 2.05) is 13.8 Å². The fourth-order valence-corrected chi connectivity index (χ4v) is 2.71. The van der Waals surface area contributed by atoms with Crippen molar-refractivity contribution in [3.8, 4) is 0 Å². The van der Waals surface area contributed by atoms with Crippen LogP contribution in [0.25, 0.3) is 0 Å². The van der Waals surface area contributed by atoms with Crippen LogP contribution in [0.15, 0.2) is 0 Å². The predicted octanol–water partition coefficient (Wildman–Crippen LogP) is 2.96. The van der Waals surface area contributed by atoms with Gasteiger partial charge in [0.15, 0.2) is 0 Å². The summed E-state index contributed by atoms with van der Waals surface area (Å²) in [5, 5.41) is 0. The highest BCUT2D eigenvalue weighted by Gasteiger charge is 2.48. The summed E-state index contributed by atoms with van der Waals surface area (Å²) in [5.41, 5.74) is 6.31. The largest absolute Gasteiger partial charge is 0.375 e. The number of rotatable bonds is 3. The molecule has 2 nitrogen and oxygen atoms in total. The molecule has 15 heavy (non-hydrogen) atoms. The van der Waals surface area contributed by atoms with E-state index in [1.54, 1.807) is 0 Å². The van der Waals surface area contributed by atoms with Gasteiger partial charge in [0.25, 0.3) is 0 Å². The van der Waals surface area contributed by atoms with Gasteiger partial charge in [-0.3, -0.25) is 0 Å². The molecule has 1 rings (SSSR count). The van der Waals surface area contributed by atoms with Gasteiger partial charge in [0, 0.05) is 5.54 Å². The SMILES string of the molecule is CC(C)(N)COC1C(C)(C)CCC1(C)C. The molecule has 0 spiro atoms. The van der Waals surface area contributed by atoms with Crippen LogP contribution in [0.3, 0.4) is 0 Å². The Bertz CT molecular complexity index is 209. The highest BCUT2D eigenvalue weighted by Crippen LogP contribution is 2.50. The Morgan fingerprint density at radius 3 is 1.87 bits per heavy atom. The topological polar surface area (TPSA) is 35.2 Å². The second-order valence-electron chi connectivity index (χ2n) is 7.16. The van der Waals surface area contributed by atoms with Gasteiger partial charge in [-0.05, 0) is 37.5 Å². The lowest BCUT2D eigenvalue weighted by molar-refractivity contribution is -0.0712. The third-order valence-corrected chi connectivity index (χ3v) is 3.46. The minimum Gasteiger partial charge on any atom is -0.375 e. The molecular weight excluding hydrogens is 186 g/mol. The maximum atomic E-state index is 6.07. The van der Waals surface area contributed by atoms with Crippen LogP contribution in [0.2, 0.25) is 0 Å². The maximum Gasteiger partial charge on any atom is 0.0677 e. The molecule has 1 aliphatic carbocycles. The fraction of sp³-hybridized carbons (Fsp3) is 1.00. The normalized spacial score (nSPS) is 25.8. The van der Waals surface area contributed by atoms with Gasteiger partial charge in [-0.1, -0.05) is 27.7 Å². The van der Waals surface area contributed by atoms with Crippen LogP contribution in [-0.2, 0) is 4.74 Å². The van der Waals surface area contributed by atoms with Crippen molar-refractivity contribution < 1.29 is 4.74 Å². The molecule has 90 valence electrons. The number of ether oxygens (including phenoxy) is 1. The highest BCUT2D eigenvalue weighted by molar-refractivity contribution is 4.98. The Balaban J connectivity index is 2.65. The van der Waals surface area contributed by atoms with Crippen molar-refractivity contribution in [3.63, 3.8) is 0 Å². The van der Waals surface area contributed by atoms with Gasteiger partial charge in [-0.2, -0.15) is 0 Å². The van der Waals surface area contributed by atoms with Gasteiger partial charge in [0.2, 0.25) is 0 Å². The summed E-state index contributed by atoms with van der Waals surface area (Å²) in [6.45, 7) is 13.9. The molecule has 0 aliphatic heterocycles. The van der Waals surface area contributed by atoms with Crippen LogP contribution in [0, 0.1) is 10.8 Å².